The molecule has 0 N–H and O–H groups in total. The maximum atomic E-state index is 14.5. The monoisotopic (exact) mass is 671 g/mol. The number of aromatic nitrogens is 1. The van der Waals surface area contributed by atoms with Gasteiger partial charge in [-0.2, -0.15) is 0 Å². The average molecular weight is 672 g/mol. The molecule has 264 valence electrons. The van der Waals surface area contributed by atoms with Gasteiger partial charge < -0.3 is 24.0 Å². The summed E-state index contributed by atoms with van der Waals surface area (Å²) in [5.41, 5.74) is 1.31. The summed E-state index contributed by atoms with van der Waals surface area (Å²) in [5, 5.41) is 0. The molecule has 3 atom stereocenters. The Balaban J connectivity index is 1.40. The minimum atomic E-state index is -0.632. The van der Waals surface area contributed by atoms with E-state index in [4.69, 9.17) is 14.2 Å². The second-order valence-corrected chi connectivity index (χ2v) is 15.5. The summed E-state index contributed by atoms with van der Waals surface area (Å²) in [7, 11) is 1.68. The van der Waals surface area contributed by atoms with Crippen LogP contribution >= 0.6 is 0 Å². The van der Waals surface area contributed by atoms with Gasteiger partial charge >= 0.3 is 6.09 Å². The molecule has 5 rings (SSSR count). The Bertz CT molecular complexity index is 1500. The standard InChI is InChI=1S/C36H51F2N5O5/c1-24-17-40(28(19-42(24)33(45)48-34(2,3)4)18-41-11-12-47-23-36(41,7)22-46-8)20-32(44)43-21-35(5,6)29-16-39-27(15-31(29)43)13-25-9-10-26(37)14-30(25)38/h9-10,14-16,24,28H,11-13,17-23H2,1-8H3/t24-,28+,36?/m1/s1. The lowest BCUT2D eigenvalue weighted by Gasteiger charge is -2.50. The number of anilines is 1. The number of amides is 2. The van der Waals surface area contributed by atoms with Crippen molar-refractivity contribution in [3.63, 3.8) is 0 Å². The van der Waals surface area contributed by atoms with Crippen LogP contribution in [0.1, 0.15) is 65.3 Å². The van der Waals surface area contributed by atoms with Gasteiger partial charge in [0.05, 0.1) is 37.6 Å². The molecular formula is C36H51F2N5O5. The molecule has 2 fully saturated rings. The smallest absolute Gasteiger partial charge is 0.410 e. The van der Waals surface area contributed by atoms with Crippen molar-refractivity contribution in [1.82, 2.24) is 19.7 Å². The van der Waals surface area contributed by atoms with Crippen LogP contribution in [0.4, 0.5) is 19.3 Å². The van der Waals surface area contributed by atoms with E-state index in [9.17, 15) is 18.4 Å². The zero-order chi connectivity index (χ0) is 35.0. The van der Waals surface area contributed by atoms with Crippen molar-refractivity contribution < 1.29 is 32.6 Å². The molecule has 1 aromatic carbocycles. The molecule has 1 unspecified atom stereocenters. The van der Waals surface area contributed by atoms with Gasteiger partial charge in [-0.1, -0.05) is 19.9 Å². The second kappa shape index (κ2) is 14.0. The number of halogens is 2. The van der Waals surface area contributed by atoms with Gasteiger partial charge in [-0.05, 0) is 52.3 Å². The largest absolute Gasteiger partial charge is 0.444 e. The average Bonchev–Trinajstić information content (AvgIpc) is 3.26. The van der Waals surface area contributed by atoms with E-state index in [0.717, 1.165) is 17.3 Å². The number of benzene rings is 1. The van der Waals surface area contributed by atoms with E-state index in [0.29, 0.717) is 63.8 Å². The van der Waals surface area contributed by atoms with Crippen LogP contribution in [0.5, 0.6) is 0 Å². The summed E-state index contributed by atoms with van der Waals surface area (Å²) >= 11 is 0. The second-order valence-electron chi connectivity index (χ2n) is 15.5. The molecule has 10 nitrogen and oxygen atoms in total. The molecule has 3 aliphatic rings. The quantitative estimate of drug-likeness (QED) is 0.402. The van der Waals surface area contributed by atoms with Crippen LogP contribution in [-0.4, -0.2) is 121 Å². The van der Waals surface area contributed by atoms with Crippen molar-refractivity contribution in [2.24, 2.45) is 0 Å². The molecule has 0 radical (unpaired) electrons. The molecule has 0 bridgehead atoms. The third-order valence-corrected chi connectivity index (χ3v) is 9.69. The molecule has 0 aliphatic carbocycles. The number of pyridine rings is 1. The molecule has 4 heterocycles. The molecule has 0 saturated carbocycles. The molecule has 1 aromatic heterocycles. The first-order valence-electron chi connectivity index (χ1n) is 16.8. The Kier molecular flexibility index (Phi) is 10.5. The van der Waals surface area contributed by atoms with Gasteiger partial charge in [0, 0.05) is 87.3 Å². The van der Waals surface area contributed by atoms with E-state index in [2.05, 4.69) is 35.6 Å². The number of morpholine rings is 1. The highest BCUT2D eigenvalue weighted by molar-refractivity contribution is 5.97. The minimum absolute atomic E-state index is 0.0588. The highest BCUT2D eigenvalue weighted by Crippen LogP contribution is 2.41. The first-order valence-corrected chi connectivity index (χ1v) is 16.8. The van der Waals surface area contributed by atoms with Crippen LogP contribution in [0.2, 0.25) is 0 Å². The fourth-order valence-electron chi connectivity index (χ4n) is 7.12. The molecule has 12 heteroatoms. The van der Waals surface area contributed by atoms with Gasteiger partial charge in [0.15, 0.2) is 0 Å². The van der Waals surface area contributed by atoms with Crippen LogP contribution in [0.25, 0.3) is 0 Å². The Labute approximate surface area is 283 Å². The Morgan fingerprint density at radius 1 is 1.12 bits per heavy atom. The number of fused-ring (bicyclic) bond motifs is 1. The Hall–Kier alpha value is -3.19. The maximum Gasteiger partial charge on any atom is 0.410 e. The molecule has 2 amide bonds. The van der Waals surface area contributed by atoms with Crippen LogP contribution in [-0.2, 0) is 30.8 Å². The third-order valence-electron chi connectivity index (χ3n) is 9.69. The highest BCUT2D eigenvalue weighted by atomic mass is 19.1. The lowest BCUT2D eigenvalue weighted by atomic mass is 9.88. The number of methoxy groups -OCH3 is 1. The van der Waals surface area contributed by atoms with E-state index >= 15 is 0 Å². The fraction of sp³-hybridized carbons (Fsp3) is 0.639. The van der Waals surface area contributed by atoms with Crippen LogP contribution in [0.3, 0.4) is 0 Å². The summed E-state index contributed by atoms with van der Waals surface area (Å²) in [6.07, 6.45) is 1.59. The summed E-state index contributed by atoms with van der Waals surface area (Å²) < 4.78 is 45.2. The predicted molar refractivity (Wildman–Crippen MR) is 179 cm³/mol. The van der Waals surface area contributed by atoms with E-state index in [1.165, 1.54) is 12.1 Å². The Morgan fingerprint density at radius 3 is 2.56 bits per heavy atom. The first-order chi connectivity index (χ1) is 22.5. The number of hydrogen-bond donors (Lipinski definition) is 0. The van der Waals surface area contributed by atoms with E-state index < -0.39 is 17.2 Å². The van der Waals surface area contributed by atoms with Gasteiger partial charge in [0.1, 0.15) is 17.2 Å². The van der Waals surface area contributed by atoms with Crippen LogP contribution < -0.4 is 4.90 Å². The maximum absolute atomic E-state index is 14.5. The van der Waals surface area contributed by atoms with Gasteiger partial charge in [-0.25, -0.2) is 13.6 Å². The zero-order valence-corrected chi connectivity index (χ0v) is 29.6. The number of piperazine rings is 1. The molecule has 0 spiro atoms. The number of nitrogens with zero attached hydrogens (tertiary/aromatic N) is 5. The molecule has 48 heavy (non-hydrogen) atoms. The van der Waals surface area contributed by atoms with Crippen molar-refractivity contribution in [2.45, 2.75) is 83.5 Å². The lowest BCUT2D eigenvalue weighted by molar-refractivity contribution is -0.123. The van der Waals surface area contributed by atoms with Crippen molar-refractivity contribution in [2.75, 3.05) is 71.1 Å². The zero-order valence-electron chi connectivity index (χ0n) is 29.6. The predicted octanol–water partition coefficient (Wildman–Crippen LogP) is 4.62. The van der Waals surface area contributed by atoms with Gasteiger partial charge in [-0.3, -0.25) is 19.6 Å². The fourth-order valence-corrected chi connectivity index (χ4v) is 7.12. The lowest BCUT2D eigenvalue weighted by Crippen LogP contribution is -2.66. The minimum Gasteiger partial charge on any atom is -0.444 e. The molecule has 3 aliphatic heterocycles. The number of hydrogen-bond acceptors (Lipinski definition) is 8. The number of carbonyl (C=O) groups is 2. The van der Waals surface area contributed by atoms with Crippen molar-refractivity contribution in [3.05, 3.63) is 58.9 Å². The van der Waals surface area contributed by atoms with E-state index in [-0.39, 0.29) is 48.0 Å². The van der Waals surface area contributed by atoms with Crippen molar-refractivity contribution >= 4 is 17.7 Å². The van der Waals surface area contributed by atoms with Crippen LogP contribution in [0.15, 0.2) is 30.5 Å². The number of rotatable bonds is 8. The van der Waals surface area contributed by atoms with Gasteiger partial charge in [-0.15, -0.1) is 0 Å². The first kappa shape index (κ1) is 36.1. The molecular weight excluding hydrogens is 620 g/mol. The van der Waals surface area contributed by atoms with Gasteiger partial charge in [0.25, 0.3) is 0 Å². The third kappa shape index (κ3) is 7.98. The summed E-state index contributed by atoms with van der Waals surface area (Å²) in [4.78, 5) is 40.4. The molecule has 2 saturated heterocycles. The molecule has 2 aromatic rings. The Morgan fingerprint density at radius 2 is 1.88 bits per heavy atom. The number of carbonyl (C=O) groups excluding carboxylic acids is 2. The van der Waals surface area contributed by atoms with E-state index in [1.54, 1.807) is 18.2 Å². The summed E-state index contributed by atoms with van der Waals surface area (Å²) in [6, 6.07) is 5.06. The van der Waals surface area contributed by atoms with Crippen LogP contribution in [0, 0.1) is 11.6 Å². The van der Waals surface area contributed by atoms with Crippen molar-refractivity contribution in [3.8, 4) is 0 Å². The highest BCUT2D eigenvalue weighted by Gasteiger charge is 2.44. The van der Waals surface area contributed by atoms with Gasteiger partial charge in [0.2, 0.25) is 5.91 Å². The van der Waals surface area contributed by atoms with E-state index in [1.807, 2.05) is 38.7 Å². The SMILES string of the molecule is COCC1(C)COCCN1C[C@H]1CN(C(=O)OC(C)(C)C)[C@H](C)CN1CC(=O)N1CC(C)(C)c2cnc(Cc3ccc(F)cc3F)cc21. The normalized spacial score (nSPS) is 24.9. The topological polar surface area (TPSA) is 87.7 Å². The summed E-state index contributed by atoms with van der Waals surface area (Å²) in [5.74, 6) is -1.32. The summed E-state index contributed by atoms with van der Waals surface area (Å²) in [6.45, 7) is 18.3. The van der Waals surface area contributed by atoms with Crippen molar-refractivity contribution in [1.29, 1.82) is 0 Å². The number of ether oxygens (including phenoxy) is 3.